The number of nitrogens with one attached hydrogen (secondary N) is 1. The Kier molecular flexibility index (Phi) is 5.46. The number of benzene rings is 1. The van der Waals surface area contributed by atoms with Crippen LogP contribution in [0.5, 0.6) is 0 Å². The maximum Gasteiger partial charge on any atom is 0.162 e. The molecule has 1 aliphatic heterocycles. The van der Waals surface area contributed by atoms with E-state index >= 15 is 0 Å². The molecule has 1 saturated heterocycles. The highest BCUT2D eigenvalue weighted by molar-refractivity contribution is 7.19. The Morgan fingerprint density at radius 3 is 2.62 bits per heavy atom. The predicted octanol–water partition coefficient (Wildman–Crippen LogP) is 4.03. The number of aromatic nitrogens is 2. The van der Waals surface area contributed by atoms with Crippen molar-refractivity contribution in [1.29, 1.82) is 0 Å². The van der Waals surface area contributed by atoms with Crippen molar-refractivity contribution in [2.75, 3.05) is 43.6 Å². The van der Waals surface area contributed by atoms with Gasteiger partial charge in [-0.1, -0.05) is 19.1 Å². The van der Waals surface area contributed by atoms with Crippen LogP contribution in [0.3, 0.4) is 0 Å². The lowest BCUT2D eigenvalue weighted by molar-refractivity contribution is 0.0826. The highest BCUT2D eigenvalue weighted by Gasteiger charge is 2.24. The van der Waals surface area contributed by atoms with E-state index in [4.69, 9.17) is 14.7 Å². The van der Waals surface area contributed by atoms with E-state index in [0.29, 0.717) is 19.0 Å². The molecule has 154 valence electrons. The summed E-state index contributed by atoms with van der Waals surface area (Å²) in [6.07, 6.45) is 0.967. The number of rotatable bonds is 5. The van der Waals surface area contributed by atoms with Crippen molar-refractivity contribution in [1.82, 2.24) is 9.97 Å². The normalized spacial score (nSPS) is 15.1. The fraction of sp³-hybridized carbons (Fsp3) is 0.455. The van der Waals surface area contributed by atoms with E-state index in [0.717, 1.165) is 51.7 Å². The maximum atomic E-state index is 10.5. The van der Waals surface area contributed by atoms with Gasteiger partial charge < -0.3 is 20.1 Å². The summed E-state index contributed by atoms with van der Waals surface area (Å²) in [5.74, 6) is 1.64. The van der Waals surface area contributed by atoms with Crippen molar-refractivity contribution in [2.24, 2.45) is 0 Å². The summed E-state index contributed by atoms with van der Waals surface area (Å²) >= 11 is 1.57. The standard InChI is InChI=1S/C22H28N4O2S/c1-5-14-6-7-15(12-16(14)23-4)20-24-17-13-18(22(2,3)27)29-19(17)21(25-20)26-8-10-28-11-9-26/h6-7,12-13,23,27H,5,8-11H2,1-4H3. The van der Waals surface area contributed by atoms with Gasteiger partial charge in [-0.2, -0.15) is 0 Å². The van der Waals surface area contributed by atoms with E-state index in [1.807, 2.05) is 27.0 Å². The molecule has 0 radical (unpaired) electrons. The van der Waals surface area contributed by atoms with Gasteiger partial charge in [0.2, 0.25) is 0 Å². The lowest BCUT2D eigenvalue weighted by atomic mass is 10.1. The average molecular weight is 413 g/mol. The Bertz CT molecular complexity index is 1020. The zero-order valence-electron chi connectivity index (χ0n) is 17.5. The van der Waals surface area contributed by atoms with Crippen LogP contribution in [0.1, 0.15) is 31.2 Å². The Hall–Kier alpha value is -2.22. The number of morpholine rings is 1. The van der Waals surface area contributed by atoms with Crippen molar-refractivity contribution in [3.05, 3.63) is 34.7 Å². The number of hydrogen-bond acceptors (Lipinski definition) is 7. The number of nitrogens with zero attached hydrogens (tertiary/aromatic N) is 3. The monoisotopic (exact) mass is 412 g/mol. The zero-order chi connectivity index (χ0) is 20.6. The van der Waals surface area contributed by atoms with Gasteiger partial charge >= 0.3 is 0 Å². The molecule has 0 aliphatic carbocycles. The second kappa shape index (κ2) is 7.89. The third-order valence-electron chi connectivity index (χ3n) is 5.29. The van der Waals surface area contributed by atoms with Crippen LogP contribution in [-0.2, 0) is 16.8 Å². The van der Waals surface area contributed by atoms with Crippen LogP contribution < -0.4 is 10.2 Å². The van der Waals surface area contributed by atoms with Gasteiger partial charge in [-0.05, 0) is 38.0 Å². The van der Waals surface area contributed by atoms with Crippen LogP contribution in [-0.4, -0.2) is 48.4 Å². The van der Waals surface area contributed by atoms with Gasteiger partial charge in [-0.15, -0.1) is 11.3 Å². The number of aliphatic hydroxyl groups is 1. The van der Waals surface area contributed by atoms with Crippen molar-refractivity contribution in [3.8, 4) is 11.4 Å². The van der Waals surface area contributed by atoms with Crippen molar-refractivity contribution >= 4 is 33.1 Å². The second-order valence-electron chi connectivity index (χ2n) is 7.83. The summed E-state index contributed by atoms with van der Waals surface area (Å²) in [6.45, 7) is 8.76. The quantitative estimate of drug-likeness (QED) is 0.659. The topological polar surface area (TPSA) is 70.5 Å². The molecule has 0 atom stereocenters. The SMILES string of the molecule is CCc1ccc(-c2nc(N3CCOCC3)c3sc(C(C)(C)O)cc3n2)cc1NC. The van der Waals surface area contributed by atoms with Gasteiger partial charge in [0.15, 0.2) is 11.6 Å². The number of ether oxygens (including phenoxy) is 1. The van der Waals surface area contributed by atoms with Crippen molar-refractivity contribution < 1.29 is 9.84 Å². The van der Waals surface area contributed by atoms with Crippen molar-refractivity contribution in [3.63, 3.8) is 0 Å². The van der Waals surface area contributed by atoms with Crippen LogP contribution in [0.2, 0.25) is 0 Å². The lowest BCUT2D eigenvalue weighted by Gasteiger charge is -2.28. The van der Waals surface area contributed by atoms with Gasteiger partial charge in [-0.25, -0.2) is 9.97 Å². The first kappa shape index (κ1) is 20.1. The summed E-state index contributed by atoms with van der Waals surface area (Å²) < 4.78 is 6.55. The first-order valence-corrected chi connectivity index (χ1v) is 10.9. The maximum absolute atomic E-state index is 10.5. The van der Waals surface area contributed by atoms with E-state index in [9.17, 15) is 5.11 Å². The number of hydrogen-bond donors (Lipinski definition) is 2. The van der Waals surface area contributed by atoms with Gasteiger partial charge in [0.25, 0.3) is 0 Å². The Morgan fingerprint density at radius 1 is 1.21 bits per heavy atom. The minimum atomic E-state index is -0.907. The molecule has 1 aliphatic rings. The molecular weight excluding hydrogens is 384 g/mol. The molecule has 1 fully saturated rings. The summed E-state index contributed by atoms with van der Waals surface area (Å²) in [4.78, 5) is 13.0. The largest absolute Gasteiger partial charge is 0.388 e. The summed E-state index contributed by atoms with van der Waals surface area (Å²) in [7, 11) is 1.94. The van der Waals surface area contributed by atoms with Crippen LogP contribution in [0.4, 0.5) is 11.5 Å². The van der Waals surface area contributed by atoms with Gasteiger partial charge in [0, 0.05) is 36.3 Å². The van der Waals surface area contributed by atoms with Crippen LogP contribution in [0.15, 0.2) is 24.3 Å². The molecule has 3 aromatic rings. The smallest absolute Gasteiger partial charge is 0.162 e. The molecule has 2 aromatic heterocycles. The first-order valence-electron chi connectivity index (χ1n) is 10.1. The molecule has 6 nitrogen and oxygen atoms in total. The second-order valence-corrected chi connectivity index (χ2v) is 8.88. The van der Waals surface area contributed by atoms with E-state index in [2.05, 4.69) is 35.3 Å². The van der Waals surface area contributed by atoms with E-state index < -0.39 is 5.60 Å². The van der Waals surface area contributed by atoms with Crippen LogP contribution in [0, 0.1) is 0 Å². The van der Waals surface area contributed by atoms with Gasteiger partial charge in [0.05, 0.1) is 29.0 Å². The first-order chi connectivity index (χ1) is 13.9. The molecule has 3 heterocycles. The minimum absolute atomic E-state index is 0.694. The third kappa shape index (κ3) is 3.95. The Balaban J connectivity index is 1.88. The van der Waals surface area contributed by atoms with Crippen molar-refractivity contribution in [2.45, 2.75) is 32.8 Å². The summed E-state index contributed by atoms with van der Waals surface area (Å²) in [5, 5.41) is 13.8. The molecule has 4 rings (SSSR count). The average Bonchev–Trinajstić information content (AvgIpc) is 3.18. The summed E-state index contributed by atoms with van der Waals surface area (Å²) in [6, 6.07) is 8.34. The molecule has 0 bridgehead atoms. The number of thiophene rings is 1. The van der Waals surface area contributed by atoms with Gasteiger partial charge in [0.1, 0.15) is 0 Å². The fourth-order valence-electron chi connectivity index (χ4n) is 3.59. The Morgan fingerprint density at radius 2 is 1.97 bits per heavy atom. The molecule has 1 aromatic carbocycles. The molecule has 0 amide bonds. The molecule has 0 unspecified atom stereocenters. The van der Waals surface area contributed by atoms with Crippen LogP contribution in [0.25, 0.3) is 21.6 Å². The number of aryl methyl sites for hydroxylation is 1. The number of fused-ring (bicyclic) bond motifs is 1. The Labute approximate surface area is 175 Å². The summed E-state index contributed by atoms with van der Waals surface area (Å²) in [5.41, 5.74) is 3.33. The molecular formula is C22H28N4O2S. The molecule has 0 saturated carbocycles. The lowest BCUT2D eigenvalue weighted by Crippen LogP contribution is -2.36. The van der Waals surface area contributed by atoms with E-state index in [1.165, 1.54) is 5.56 Å². The minimum Gasteiger partial charge on any atom is -0.388 e. The fourth-order valence-corrected chi connectivity index (χ4v) is 4.71. The van der Waals surface area contributed by atoms with E-state index in [1.54, 1.807) is 11.3 Å². The molecule has 29 heavy (non-hydrogen) atoms. The van der Waals surface area contributed by atoms with E-state index in [-0.39, 0.29) is 0 Å². The van der Waals surface area contributed by atoms with Crippen LogP contribution >= 0.6 is 11.3 Å². The zero-order valence-corrected chi connectivity index (χ0v) is 18.3. The van der Waals surface area contributed by atoms with Gasteiger partial charge in [-0.3, -0.25) is 0 Å². The highest BCUT2D eigenvalue weighted by atomic mass is 32.1. The molecule has 7 heteroatoms. The third-order valence-corrected chi connectivity index (χ3v) is 6.72. The molecule has 2 N–H and O–H groups in total. The predicted molar refractivity (Wildman–Crippen MR) is 120 cm³/mol. The highest BCUT2D eigenvalue weighted by Crippen LogP contribution is 2.38. The molecule has 0 spiro atoms. The number of anilines is 2.